The third-order valence-corrected chi connectivity index (χ3v) is 3.40. The van der Waals surface area contributed by atoms with E-state index in [1.807, 2.05) is 0 Å². The second kappa shape index (κ2) is 5.34. The van der Waals surface area contributed by atoms with E-state index in [1.54, 1.807) is 0 Å². The fourth-order valence-corrected chi connectivity index (χ4v) is 2.09. The molecule has 0 radical (unpaired) electrons. The predicted molar refractivity (Wildman–Crippen MR) is 62.1 cm³/mol. The molecule has 1 aliphatic carbocycles. The molecule has 2 N–H and O–H groups in total. The first-order valence-corrected chi connectivity index (χ1v) is 5.93. The number of nitrogens with one attached hydrogen (secondary N) is 1. The molecule has 2 unspecified atom stereocenters. The standard InChI is InChI=1S/C13H13F2NO3/c14-8-2-1-7(11(15)5-8)6-16-12(17)9-3-4-10(9)13(18)19/h1-2,5,9-10H,3-4,6H2,(H,16,17)(H,18,19). The number of hydrogen-bond acceptors (Lipinski definition) is 2. The average Bonchev–Trinajstić information content (AvgIpc) is 2.25. The van der Waals surface area contributed by atoms with Gasteiger partial charge in [0.2, 0.25) is 5.91 Å². The van der Waals surface area contributed by atoms with E-state index in [4.69, 9.17) is 5.11 Å². The summed E-state index contributed by atoms with van der Waals surface area (Å²) < 4.78 is 26.0. The number of rotatable bonds is 4. The molecule has 1 fully saturated rings. The number of carboxylic acids is 1. The molecule has 1 aromatic carbocycles. The molecule has 2 rings (SSSR count). The molecule has 4 nitrogen and oxygen atoms in total. The van der Waals surface area contributed by atoms with Crippen molar-refractivity contribution < 1.29 is 23.5 Å². The van der Waals surface area contributed by atoms with Gasteiger partial charge in [0.1, 0.15) is 11.6 Å². The van der Waals surface area contributed by atoms with Crippen LogP contribution in [0.2, 0.25) is 0 Å². The summed E-state index contributed by atoms with van der Waals surface area (Å²) in [7, 11) is 0. The Hall–Kier alpha value is -1.98. The summed E-state index contributed by atoms with van der Waals surface area (Å²) in [5.74, 6) is -4.01. The Bertz CT molecular complexity index is 519. The summed E-state index contributed by atoms with van der Waals surface area (Å²) in [5.41, 5.74) is 0.168. The summed E-state index contributed by atoms with van der Waals surface area (Å²) >= 11 is 0. The van der Waals surface area contributed by atoms with E-state index in [1.165, 1.54) is 6.07 Å². The highest BCUT2D eigenvalue weighted by Gasteiger charge is 2.41. The number of halogens is 2. The van der Waals surface area contributed by atoms with Crippen LogP contribution in [-0.4, -0.2) is 17.0 Å². The molecular formula is C13H13F2NO3. The predicted octanol–water partition coefficient (Wildman–Crippen LogP) is 1.69. The largest absolute Gasteiger partial charge is 0.481 e. The van der Waals surface area contributed by atoms with Gasteiger partial charge >= 0.3 is 5.97 Å². The maximum atomic E-state index is 13.3. The van der Waals surface area contributed by atoms with Gasteiger partial charge in [0.15, 0.2) is 0 Å². The second-order valence-electron chi connectivity index (χ2n) is 4.58. The van der Waals surface area contributed by atoms with Crippen LogP contribution in [0, 0.1) is 23.5 Å². The molecule has 1 amide bonds. The van der Waals surface area contributed by atoms with Gasteiger partial charge in [0, 0.05) is 18.2 Å². The minimum atomic E-state index is -0.987. The van der Waals surface area contributed by atoms with Crippen LogP contribution in [-0.2, 0) is 16.1 Å². The summed E-state index contributed by atoms with van der Waals surface area (Å²) in [6.45, 7) is -0.0756. The number of aliphatic carboxylic acids is 1. The van der Waals surface area contributed by atoms with Crippen molar-refractivity contribution in [3.8, 4) is 0 Å². The van der Waals surface area contributed by atoms with Crippen LogP contribution < -0.4 is 5.32 Å². The SMILES string of the molecule is O=C(O)C1CCC1C(=O)NCc1ccc(F)cc1F. The summed E-state index contributed by atoms with van der Waals surface area (Å²) in [6.07, 6.45) is 1.01. The maximum Gasteiger partial charge on any atom is 0.307 e. The fraction of sp³-hybridized carbons (Fsp3) is 0.385. The van der Waals surface area contributed by atoms with Crippen LogP contribution >= 0.6 is 0 Å². The number of carboxylic acid groups (broad SMARTS) is 1. The van der Waals surface area contributed by atoms with E-state index in [9.17, 15) is 18.4 Å². The van der Waals surface area contributed by atoms with Crippen LogP contribution in [0.5, 0.6) is 0 Å². The van der Waals surface area contributed by atoms with Crippen molar-refractivity contribution in [3.63, 3.8) is 0 Å². The van der Waals surface area contributed by atoms with E-state index in [2.05, 4.69) is 5.32 Å². The van der Waals surface area contributed by atoms with Crippen molar-refractivity contribution in [2.24, 2.45) is 11.8 Å². The first-order chi connectivity index (χ1) is 8.99. The van der Waals surface area contributed by atoms with Gasteiger partial charge in [-0.25, -0.2) is 8.78 Å². The summed E-state index contributed by atoms with van der Waals surface area (Å²) in [6, 6.07) is 3.10. The zero-order chi connectivity index (χ0) is 14.0. The maximum absolute atomic E-state index is 13.3. The number of carbonyl (C=O) groups is 2. The molecule has 2 atom stereocenters. The third-order valence-electron chi connectivity index (χ3n) is 3.40. The highest BCUT2D eigenvalue weighted by molar-refractivity contribution is 5.86. The highest BCUT2D eigenvalue weighted by atomic mass is 19.1. The lowest BCUT2D eigenvalue weighted by atomic mass is 9.73. The number of amides is 1. The molecule has 0 aliphatic heterocycles. The minimum absolute atomic E-state index is 0.0756. The molecule has 0 saturated heterocycles. The Morgan fingerprint density at radius 2 is 1.95 bits per heavy atom. The zero-order valence-corrected chi connectivity index (χ0v) is 10.0. The smallest absolute Gasteiger partial charge is 0.307 e. The van der Waals surface area contributed by atoms with E-state index in [-0.39, 0.29) is 12.1 Å². The lowest BCUT2D eigenvalue weighted by molar-refractivity contribution is -0.152. The molecular weight excluding hydrogens is 256 g/mol. The molecule has 0 bridgehead atoms. The van der Waals surface area contributed by atoms with Crippen LogP contribution in [0.25, 0.3) is 0 Å². The lowest BCUT2D eigenvalue weighted by Gasteiger charge is -2.31. The van der Waals surface area contributed by atoms with Gasteiger partial charge in [-0.1, -0.05) is 6.07 Å². The van der Waals surface area contributed by atoms with Gasteiger partial charge < -0.3 is 10.4 Å². The van der Waals surface area contributed by atoms with Crippen LogP contribution in [0.4, 0.5) is 8.78 Å². The number of carbonyl (C=O) groups excluding carboxylic acids is 1. The van der Waals surface area contributed by atoms with E-state index < -0.39 is 35.3 Å². The molecule has 6 heteroatoms. The first-order valence-electron chi connectivity index (χ1n) is 5.93. The quantitative estimate of drug-likeness (QED) is 0.874. The Morgan fingerprint density at radius 3 is 2.47 bits per heavy atom. The Morgan fingerprint density at radius 1 is 1.26 bits per heavy atom. The summed E-state index contributed by atoms with van der Waals surface area (Å²) in [4.78, 5) is 22.5. The van der Waals surface area contributed by atoms with Gasteiger partial charge in [0.25, 0.3) is 0 Å². The van der Waals surface area contributed by atoms with Gasteiger partial charge in [-0.3, -0.25) is 9.59 Å². The topological polar surface area (TPSA) is 66.4 Å². The lowest BCUT2D eigenvalue weighted by Crippen LogP contribution is -2.43. The Balaban J connectivity index is 1.92. The van der Waals surface area contributed by atoms with Crippen molar-refractivity contribution >= 4 is 11.9 Å². The minimum Gasteiger partial charge on any atom is -0.481 e. The molecule has 1 saturated carbocycles. The molecule has 0 spiro atoms. The van der Waals surface area contributed by atoms with Crippen molar-refractivity contribution in [3.05, 3.63) is 35.4 Å². The molecule has 0 aromatic heterocycles. The van der Waals surface area contributed by atoms with Gasteiger partial charge in [-0.2, -0.15) is 0 Å². The van der Waals surface area contributed by atoms with E-state index >= 15 is 0 Å². The molecule has 1 aliphatic rings. The number of benzene rings is 1. The van der Waals surface area contributed by atoms with Crippen LogP contribution in [0.15, 0.2) is 18.2 Å². The van der Waals surface area contributed by atoms with E-state index in [0.717, 1.165) is 12.1 Å². The monoisotopic (exact) mass is 269 g/mol. The van der Waals surface area contributed by atoms with Crippen molar-refractivity contribution in [2.45, 2.75) is 19.4 Å². The molecule has 1 aromatic rings. The molecule has 102 valence electrons. The van der Waals surface area contributed by atoms with Gasteiger partial charge in [0.05, 0.1) is 11.8 Å². The Kier molecular flexibility index (Phi) is 3.78. The molecule has 19 heavy (non-hydrogen) atoms. The van der Waals surface area contributed by atoms with Crippen molar-refractivity contribution in [1.82, 2.24) is 5.32 Å². The first kappa shape index (κ1) is 13.5. The van der Waals surface area contributed by atoms with Gasteiger partial charge in [-0.15, -0.1) is 0 Å². The fourth-order valence-electron chi connectivity index (χ4n) is 2.09. The van der Waals surface area contributed by atoms with Crippen LogP contribution in [0.3, 0.4) is 0 Å². The third kappa shape index (κ3) is 2.89. The molecule has 0 heterocycles. The average molecular weight is 269 g/mol. The zero-order valence-electron chi connectivity index (χ0n) is 10.0. The van der Waals surface area contributed by atoms with Gasteiger partial charge in [-0.05, 0) is 18.9 Å². The summed E-state index contributed by atoms with van der Waals surface area (Å²) in [5, 5.41) is 11.3. The Labute approximate surface area is 108 Å². The van der Waals surface area contributed by atoms with Crippen molar-refractivity contribution in [1.29, 1.82) is 0 Å². The normalized spacial score (nSPS) is 21.6. The van der Waals surface area contributed by atoms with Crippen molar-refractivity contribution in [2.75, 3.05) is 0 Å². The number of hydrogen-bond donors (Lipinski definition) is 2. The second-order valence-corrected chi connectivity index (χ2v) is 4.58. The van der Waals surface area contributed by atoms with E-state index in [0.29, 0.717) is 12.8 Å². The van der Waals surface area contributed by atoms with Crippen LogP contribution in [0.1, 0.15) is 18.4 Å². The highest BCUT2D eigenvalue weighted by Crippen LogP contribution is 2.34.